The van der Waals surface area contributed by atoms with E-state index in [0.717, 1.165) is 22.8 Å². The van der Waals surface area contributed by atoms with Crippen molar-refractivity contribution >= 4 is 25.6 Å². The highest BCUT2D eigenvalue weighted by Gasteiger charge is 2.22. The van der Waals surface area contributed by atoms with Gasteiger partial charge in [0.1, 0.15) is 0 Å². The fourth-order valence-corrected chi connectivity index (χ4v) is 5.93. The Hall–Kier alpha value is -1.98. The molecule has 0 atom stereocenters. The van der Waals surface area contributed by atoms with Crippen molar-refractivity contribution in [2.75, 3.05) is 6.79 Å². The Morgan fingerprint density at radius 3 is 2.50 bits per heavy atom. The SMILES string of the molecule is C[Si](C)(C)/C(=C\C(=O)Cc1ccc2c(c1)OCO2)SCc1ccccc1. The second-order valence-electron chi connectivity index (χ2n) is 7.36. The van der Waals surface area contributed by atoms with E-state index in [1.807, 2.05) is 30.3 Å². The average Bonchev–Trinajstić information content (AvgIpc) is 3.06. The van der Waals surface area contributed by atoms with Crippen LogP contribution < -0.4 is 9.47 Å². The number of thioether (sulfide) groups is 1. The molecule has 0 spiro atoms. The molecule has 136 valence electrons. The van der Waals surface area contributed by atoms with E-state index in [1.165, 1.54) is 10.1 Å². The maximum absolute atomic E-state index is 12.6. The number of ether oxygens (including phenoxy) is 2. The van der Waals surface area contributed by atoms with E-state index < -0.39 is 8.07 Å². The molecule has 0 N–H and O–H groups in total. The number of benzene rings is 2. The fraction of sp³-hybridized carbons (Fsp3) is 0.286. The first-order valence-electron chi connectivity index (χ1n) is 8.72. The monoisotopic (exact) mass is 384 g/mol. The zero-order chi connectivity index (χ0) is 18.6. The lowest BCUT2D eigenvalue weighted by Gasteiger charge is -2.20. The van der Waals surface area contributed by atoms with Crippen LogP contribution in [0, 0.1) is 0 Å². The van der Waals surface area contributed by atoms with Gasteiger partial charge in [0.2, 0.25) is 6.79 Å². The van der Waals surface area contributed by atoms with Gasteiger partial charge in [-0.05, 0) is 33.9 Å². The Kier molecular flexibility index (Phi) is 5.89. The highest BCUT2D eigenvalue weighted by Crippen LogP contribution is 2.33. The molecule has 0 saturated carbocycles. The predicted molar refractivity (Wildman–Crippen MR) is 110 cm³/mol. The molecule has 0 radical (unpaired) electrons. The van der Waals surface area contributed by atoms with Gasteiger partial charge in [-0.1, -0.05) is 56.0 Å². The van der Waals surface area contributed by atoms with E-state index in [-0.39, 0.29) is 12.6 Å². The topological polar surface area (TPSA) is 35.5 Å². The third-order valence-electron chi connectivity index (χ3n) is 4.08. The van der Waals surface area contributed by atoms with E-state index >= 15 is 0 Å². The molecule has 0 bridgehead atoms. The molecule has 1 aliphatic rings. The van der Waals surface area contributed by atoms with E-state index in [9.17, 15) is 4.79 Å². The average molecular weight is 385 g/mol. The molecular weight excluding hydrogens is 360 g/mol. The highest BCUT2D eigenvalue weighted by molar-refractivity contribution is 8.04. The van der Waals surface area contributed by atoms with Crippen LogP contribution in [-0.2, 0) is 17.0 Å². The summed E-state index contributed by atoms with van der Waals surface area (Å²) in [4.78, 5) is 12.6. The van der Waals surface area contributed by atoms with E-state index in [0.29, 0.717) is 6.42 Å². The fourth-order valence-electron chi connectivity index (χ4n) is 2.66. The van der Waals surface area contributed by atoms with Crippen LogP contribution in [0.15, 0.2) is 59.1 Å². The van der Waals surface area contributed by atoms with E-state index in [1.54, 1.807) is 11.8 Å². The number of allylic oxidation sites excluding steroid dienone is 1. The van der Waals surface area contributed by atoms with Crippen molar-refractivity contribution in [2.24, 2.45) is 0 Å². The summed E-state index contributed by atoms with van der Waals surface area (Å²) in [6.45, 7) is 7.10. The van der Waals surface area contributed by atoms with Crippen LogP contribution in [0.3, 0.4) is 0 Å². The summed E-state index contributed by atoms with van der Waals surface area (Å²) >= 11 is 1.80. The largest absolute Gasteiger partial charge is 0.454 e. The molecule has 5 heteroatoms. The van der Waals surface area contributed by atoms with Gasteiger partial charge in [0.15, 0.2) is 17.3 Å². The van der Waals surface area contributed by atoms with Crippen molar-refractivity contribution in [2.45, 2.75) is 31.8 Å². The Morgan fingerprint density at radius 1 is 1.04 bits per heavy atom. The molecule has 26 heavy (non-hydrogen) atoms. The van der Waals surface area contributed by atoms with Crippen LogP contribution in [0.1, 0.15) is 11.1 Å². The quantitative estimate of drug-likeness (QED) is 0.484. The second kappa shape index (κ2) is 8.14. The van der Waals surface area contributed by atoms with Crippen LogP contribution >= 0.6 is 11.8 Å². The molecule has 3 rings (SSSR count). The molecule has 0 amide bonds. The van der Waals surface area contributed by atoms with Crippen LogP contribution in [0.4, 0.5) is 0 Å². The first kappa shape index (κ1) is 18.8. The lowest BCUT2D eigenvalue weighted by Crippen LogP contribution is -2.23. The third kappa shape index (κ3) is 5.02. The van der Waals surface area contributed by atoms with Crippen molar-refractivity contribution < 1.29 is 14.3 Å². The molecule has 2 aromatic carbocycles. The van der Waals surface area contributed by atoms with Gasteiger partial charge < -0.3 is 9.47 Å². The number of ketones is 1. The Morgan fingerprint density at radius 2 is 1.77 bits per heavy atom. The van der Waals surface area contributed by atoms with Gasteiger partial charge >= 0.3 is 0 Å². The molecule has 3 nitrogen and oxygen atoms in total. The van der Waals surface area contributed by atoms with Gasteiger partial charge in [-0.15, -0.1) is 11.8 Å². The summed E-state index contributed by atoms with van der Waals surface area (Å²) in [6, 6.07) is 16.1. The lowest BCUT2D eigenvalue weighted by molar-refractivity contribution is -0.114. The normalized spacial score (nSPS) is 13.7. The van der Waals surface area contributed by atoms with Crippen molar-refractivity contribution in [3.63, 3.8) is 0 Å². The van der Waals surface area contributed by atoms with Crippen molar-refractivity contribution in [1.29, 1.82) is 0 Å². The number of rotatable bonds is 7. The van der Waals surface area contributed by atoms with Gasteiger partial charge in [0.05, 0.1) is 8.07 Å². The number of hydrogen-bond donors (Lipinski definition) is 0. The Balaban J connectivity index is 1.69. The molecule has 0 unspecified atom stereocenters. The summed E-state index contributed by atoms with van der Waals surface area (Å²) in [7, 11) is -1.58. The number of hydrogen-bond acceptors (Lipinski definition) is 4. The van der Waals surface area contributed by atoms with Crippen LogP contribution in [-0.4, -0.2) is 20.7 Å². The maximum atomic E-state index is 12.6. The molecule has 2 aromatic rings. The van der Waals surface area contributed by atoms with Gasteiger partial charge in [0.25, 0.3) is 0 Å². The van der Waals surface area contributed by atoms with E-state index in [4.69, 9.17) is 9.47 Å². The molecule has 1 aliphatic heterocycles. The first-order valence-corrected chi connectivity index (χ1v) is 13.2. The third-order valence-corrected chi connectivity index (χ3v) is 8.88. The second-order valence-corrected chi connectivity index (χ2v) is 13.8. The molecule has 1 heterocycles. The lowest BCUT2D eigenvalue weighted by atomic mass is 10.1. The predicted octanol–water partition coefficient (Wildman–Crippen LogP) is 5.22. The zero-order valence-electron chi connectivity index (χ0n) is 15.5. The number of carbonyl (C=O) groups is 1. The summed E-state index contributed by atoms with van der Waals surface area (Å²) in [5, 5.41) is 0. The van der Waals surface area contributed by atoms with Gasteiger partial charge in [-0.3, -0.25) is 4.79 Å². The summed E-state index contributed by atoms with van der Waals surface area (Å²) in [6.07, 6.45) is 2.25. The van der Waals surface area contributed by atoms with Crippen molar-refractivity contribution in [3.05, 3.63) is 70.3 Å². The summed E-state index contributed by atoms with van der Waals surface area (Å²) in [5.41, 5.74) is 2.24. The minimum Gasteiger partial charge on any atom is -0.454 e. The van der Waals surface area contributed by atoms with E-state index in [2.05, 4.69) is 43.9 Å². The minimum absolute atomic E-state index is 0.141. The van der Waals surface area contributed by atoms with Crippen LogP contribution in [0.25, 0.3) is 0 Å². The van der Waals surface area contributed by atoms with Gasteiger partial charge in [-0.2, -0.15) is 0 Å². The highest BCUT2D eigenvalue weighted by atomic mass is 32.2. The molecular formula is C21H24O3SSi. The van der Waals surface area contributed by atoms with Gasteiger partial charge in [-0.25, -0.2) is 0 Å². The summed E-state index contributed by atoms with van der Waals surface area (Å²) in [5.74, 6) is 2.51. The van der Waals surface area contributed by atoms with Crippen LogP contribution in [0.2, 0.25) is 19.6 Å². The zero-order valence-corrected chi connectivity index (χ0v) is 17.3. The molecule has 0 saturated heterocycles. The van der Waals surface area contributed by atoms with Crippen molar-refractivity contribution in [1.82, 2.24) is 0 Å². The Bertz CT molecular complexity index is 810. The standard InChI is InChI=1S/C21H24O3SSi/c1-26(2,3)21(25-14-16-7-5-4-6-8-16)13-18(22)11-17-9-10-19-20(12-17)24-15-23-19/h4-10,12-13H,11,14-15H2,1-3H3/b21-13-. The number of fused-ring (bicyclic) bond motifs is 1. The smallest absolute Gasteiger partial charge is 0.231 e. The summed E-state index contributed by atoms with van der Waals surface area (Å²) < 4.78 is 12.0. The Labute approximate surface area is 160 Å². The maximum Gasteiger partial charge on any atom is 0.231 e. The molecule has 0 aliphatic carbocycles. The minimum atomic E-state index is -1.58. The first-order chi connectivity index (χ1) is 12.4. The molecule has 0 aromatic heterocycles. The van der Waals surface area contributed by atoms with Crippen LogP contribution in [0.5, 0.6) is 11.5 Å². The van der Waals surface area contributed by atoms with Gasteiger partial charge in [0, 0.05) is 12.2 Å². The molecule has 0 fully saturated rings. The number of carbonyl (C=O) groups excluding carboxylic acids is 1. The van der Waals surface area contributed by atoms with Crippen molar-refractivity contribution in [3.8, 4) is 11.5 Å².